The number of hydrogen-bond donors (Lipinski definition) is 2. The summed E-state index contributed by atoms with van der Waals surface area (Å²) < 4.78 is 16.9. The fourth-order valence-corrected chi connectivity index (χ4v) is 3.24. The van der Waals surface area contributed by atoms with E-state index < -0.39 is 0 Å². The summed E-state index contributed by atoms with van der Waals surface area (Å²) in [7, 11) is 0. The molecule has 0 saturated carbocycles. The number of nitrogens with zero attached hydrogens (tertiary/aromatic N) is 2. The van der Waals surface area contributed by atoms with Gasteiger partial charge < -0.3 is 29.7 Å². The van der Waals surface area contributed by atoms with E-state index in [9.17, 15) is 4.79 Å². The lowest BCUT2D eigenvalue weighted by molar-refractivity contribution is 0.0918. The highest BCUT2D eigenvalue weighted by Gasteiger charge is 2.21. The van der Waals surface area contributed by atoms with Crippen molar-refractivity contribution in [2.24, 2.45) is 0 Å². The molecule has 1 unspecified atom stereocenters. The number of benzene rings is 1. The molecule has 2 aromatic rings. The molecule has 0 spiro atoms. The number of pyridine rings is 1. The van der Waals surface area contributed by atoms with Crippen LogP contribution in [-0.2, 0) is 11.3 Å². The number of anilines is 1. The van der Waals surface area contributed by atoms with Crippen LogP contribution in [0.5, 0.6) is 11.5 Å². The summed E-state index contributed by atoms with van der Waals surface area (Å²) in [6, 6.07) is 11.1. The molecule has 28 heavy (non-hydrogen) atoms. The quantitative estimate of drug-likeness (QED) is 0.814. The number of nitrogens with one attached hydrogen (secondary N) is 2. The second-order valence-electron chi connectivity index (χ2n) is 6.65. The van der Waals surface area contributed by atoms with E-state index in [0.29, 0.717) is 38.7 Å². The van der Waals surface area contributed by atoms with Gasteiger partial charge in [-0.25, -0.2) is 9.78 Å². The van der Waals surface area contributed by atoms with Crippen molar-refractivity contribution in [3.63, 3.8) is 0 Å². The third-order valence-corrected chi connectivity index (χ3v) is 4.68. The maximum absolute atomic E-state index is 12.2. The molecular formula is C20H24N4O4. The Morgan fingerprint density at radius 3 is 2.79 bits per heavy atom. The van der Waals surface area contributed by atoms with E-state index in [-0.39, 0.29) is 12.1 Å². The van der Waals surface area contributed by atoms with Crippen LogP contribution in [0.15, 0.2) is 42.6 Å². The maximum atomic E-state index is 12.2. The third kappa shape index (κ3) is 4.45. The molecular weight excluding hydrogens is 360 g/mol. The van der Waals surface area contributed by atoms with Gasteiger partial charge in [0.2, 0.25) is 0 Å². The summed E-state index contributed by atoms with van der Waals surface area (Å²) in [6.45, 7) is 4.16. The van der Waals surface area contributed by atoms with Crippen LogP contribution < -0.4 is 25.0 Å². The summed E-state index contributed by atoms with van der Waals surface area (Å²) in [5.41, 5.74) is 0.978. The Kier molecular flexibility index (Phi) is 5.77. The Hall–Kier alpha value is -3.00. The molecule has 8 nitrogen and oxygen atoms in total. The highest BCUT2D eigenvalue weighted by molar-refractivity contribution is 5.74. The number of ether oxygens (including phenoxy) is 3. The first kappa shape index (κ1) is 18.4. The number of morpholine rings is 1. The highest BCUT2D eigenvalue weighted by atomic mass is 16.6. The van der Waals surface area contributed by atoms with Gasteiger partial charge in [-0.2, -0.15) is 0 Å². The number of para-hydroxylation sites is 2. The molecule has 0 aliphatic carbocycles. The van der Waals surface area contributed by atoms with Gasteiger partial charge in [-0.3, -0.25) is 0 Å². The summed E-state index contributed by atoms with van der Waals surface area (Å²) in [5.74, 6) is 2.33. The molecule has 2 aliphatic heterocycles. The molecule has 2 amide bonds. The van der Waals surface area contributed by atoms with Crippen LogP contribution in [0.3, 0.4) is 0 Å². The fourth-order valence-electron chi connectivity index (χ4n) is 3.24. The van der Waals surface area contributed by atoms with Gasteiger partial charge in [0.05, 0.1) is 19.8 Å². The molecule has 1 aromatic heterocycles. The number of urea groups is 1. The minimum Gasteiger partial charge on any atom is -0.486 e. The van der Waals surface area contributed by atoms with E-state index in [4.69, 9.17) is 14.2 Å². The third-order valence-electron chi connectivity index (χ3n) is 4.68. The number of hydrogen-bond acceptors (Lipinski definition) is 6. The largest absolute Gasteiger partial charge is 0.486 e. The van der Waals surface area contributed by atoms with Crippen LogP contribution in [0.4, 0.5) is 10.6 Å². The van der Waals surface area contributed by atoms with Crippen LogP contribution in [0.2, 0.25) is 0 Å². The lowest BCUT2D eigenvalue weighted by Crippen LogP contribution is -2.44. The van der Waals surface area contributed by atoms with Crippen LogP contribution in [0.1, 0.15) is 5.56 Å². The van der Waals surface area contributed by atoms with E-state index in [1.165, 1.54) is 0 Å². The fraction of sp³-hybridized carbons (Fsp3) is 0.400. The van der Waals surface area contributed by atoms with Crippen molar-refractivity contribution in [1.82, 2.24) is 15.6 Å². The molecule has 2 aliphatic rings. The van der Waals surface area contributed by atoms with Crippen molar-refractivity contribution < 1.29 is 19.0 Å². The number of carbonyl (C=O) groups excluding carboxylic acids is 1. The van der Waals surface area contributed by atoms with Crippen LogP contribution in [-0.4, -0.2) is 56.6 Å². The first-order valence-corrected chi connectivity index (χ1v) is 9.46. The van der Waals surface area contributed by atoms with Crippen LogP contribution in [0.25, 0.3) is 0 Å². The second-order valence-corrected chi connectivity index (χ2v) is 6.65. The smallest absolute Gasteiger partial charge is 0.315 e. The Morgan fingerprint density at radius 1 is 1.11 bits per heavy atom. The van der Waals surface area contributed by atoms with E-state index >= 15 is 0 Å². The lowest BCUT2D eigenvalue weighted by atomic mass is 10.2. The molecule has 2 N–H and O–H groups in total. The van der Waals surface area contributed by atoms with Crippen molar-refractivity contribution in [2.75, 3.05) is 44.4 Å². The van der Waals surface area contributed by atoms with E-state index in [1.807, 2.05) is 36.4 Å². The van der Waals surface area contributed by atoms with Gasteiger partial charge in [0.25, 0.3) is 0 Å². The zero-order valence-corrected chi connectivity index (χ0v) is 15.6. The van der Waals surface area contributed by atoms with Gasteiger partial charge in [-0.1, -0.05) is 18.2 Å². The van der Waals surface area contributed by atoms with Crippen molar-refractivity contribution >= 4 is 11.8 Å². The second kappa shape index (κ2) is 8.79. The van der Waals surface area contributed by atoms with Crippen molar-refractivity contribution in [2.45, 2.75) is 12.6 Å². The Morgan fingerprint density at radius 2 is 1.93 bits per heavy atom. The predicted octanol–water partition coefficient (Wildman–Crippen LogP) is 1.56. The lowest BCUT2D eigenvalue weighted by Gasteiger charge is -2.29. The summed E-state index contributed by atoms with van der Waals surface area (Å²) in [5, 5.41) is 5.74. The molecule has 0 radical (unpaired) electrons. The minimum absolute atomic E-state index is 0.219. The predicted molar refractivity (Wildman–Crippen MR) is 104 cm³/mol. The van der Waals surface area contributed by atoms with Gasteiger partial charge in [-0.05, 0) is 18.2 Å². The summed E-state index contributed by atoms with van der Waals surface area (Å²) >= 11 is 0. The van der Waals surface area contributed by atoms with Gasteiger partial charge in [0.1, 0.15) is 12.4 Å². The molecule has 0 bridgehead atoms. The topological polar surface area (TPSA) is 85.0 Å². The number of aromatic nitrogens is 1. The molecule has 148 valence electrons. The van der Waals surface area contributed by atoms with Crippen molar-refractivity contribution in [1.29, 1.82) is 0 Å². The molecule has 1 atom stereocenters. The van der Waals surface area contributed by atoms with Gasteiger partial charge in [0, 0.05) is 31.4 Å². The Bertz CT molecular complexity index is 810. The van der Waals surface area contributed by atoms with E-state index in [2.05, 4.69) is 20.5 Å². The average molecular weight is 384 g/mol. The monoisotopic (exact) mass is 384 g/mol. The van der Waals surface area contributed by atoms with Crippen molar-refractivity contribution in [3.8, 4) is 11.5 Å². The molecule has 1 saturated heterocycles. The number of rotatable bonds is 5. The van der Waals surface area contributed by atoms with Crippen LogP contribution >= 0.6 is 0 Å². The Balaban J connectivity index is 1.26. The molecule has 1 fully saturated rings. The first-order valence-electron chi connectivity index (χ1n) is 9.46. The SMILES string of the molecule is O=C(NCc1cccnc1N1CCOCC1)NCC1COc2ccccc2O1. The molecule has 3 heterocycles. The molecule has 8 heteroatoms. The average Bonchev–Trinajstić information content (AvgIpc) is 2.77. The van der Waals surface area contributed by atoms with Gasteiger partial charge in [0.15, 0.2) is 17.6 Å². The first-order chi connectivity index (χ1) is 13.8. The number of amides is 2. The number of fused-ring (bicyclic) bond motifs is 1. The van der Waals surface area contributed by atoms with Gasteiger partial charge in [-0.15, -0.1) is 0 Å². The normalized spacial score (nSPS) is 18.4. The standard InChI is InChI=1S/C20H24N4O4/c25-20(23-13-16-14-27-17-5-1-2-6-18(17)28-16)22-12-15-4-3-7-21-19(15)24-8-10-26-11-9-24/h1-7,16H,8-14H2,(H2,22,23,25). The van der Waals surface area contributed by atoms with Gasteiger partial charge >= 0.3 is 6.03 Å². The highest BCUT2D eigenvalue weighted by Crippen LogP contribution is 2.30. The van der Waals surface area contributed by atoms with Crippen molar-refractivity contribution in [3.05, 3.63) is 48.2 Å². The summed E-state index contributed by atoms with van der Waals surface area (Å²) in [6.07, 6.45) is 1.55. The maximum Gasteiger partial charge on any atom is 0.315 e. The number of carbonyl (C=O) groups is 1. The molecule has 4 rings (SSSR count). The van der Waals surface area contributed by atoms with Crippen LogP contribution in [0, 0.1) is 0 Å². The zero-order chi connectivity index (χ0) is 19.2. The Labute approximate surface area is 163 Å². The molecule has 1 aromatic carbocycles. The summed E-state index contributed by atoms with van der Waals surface area (Å²) in [4.78, 5) is 18.9. The zero-order valence-electron chi connectivity index (χ0n) is 15.6. The van der Waals surface area contributed by atoms with E-state index in [0.717, 1.165) is 30.2 Å². The van der Waals surface area contributed by atoms with E-state index in [1.54, 1.807) is 6.20 Å². The minimum atomic E-state index is -0.251.